The van der Waals surface area contributed by atoms with Gasteiger partial charge in [-0.2, -0.15) is 0 Å². The summed E-state index contributed by atoms with van der Waals surface area (Å²) in [6, 6.07) is 8.34. The second-order valence-electron chi connectivity index (χ2n) is 4.14. The Balaban J connectivity index is 2.12. The first kappa shape index (κ1) is 14.9. The van der Waals surface area contributed by atoms with Gasteiger partial charge in [-0.15, -0.1) is 0 Å². The number of nitrogens with one attached hydrogen (secondary N) is 2. The Kier molecular flexibility index (Phi) is 4.44. The minimum Gasteiger partial charge on any atom is -0.389 e. The van der Waals surface area contributed by atoms with Gasteiger partial charge in [0, 0.05) is 11.3 Å². The maximum absolute atomic E-state index is 13.2. The molecule has 0 saturated heterocycles. The zero-order valence-electron chi connectivity index (χ0n) is 10.7. The molecule has 0 aliphatic rings. The van der Waals surface area contributed by atoms with E-state index in [1.54, 1.807) is 0 Å². The number of urea groups is 1. The molecular weight excluding hydrogens is 296 g/mol. The average Bonchev–Trinajstić information content (AvgIpc) is 2.43. The maximum atomic E-state index is 13.2. The molecule has 4 N–H and O–H groups in total. The molecule has 2 rings (SSSR count). The highest BCUT2D eigenvalue weighted by Gasteiger charge is 2.10. The number of carbonyl (C=O) groups excluding carboxylic acids is 1. The summed E-state index contributed by atoms with van der Waals surface area (Å²) in [6.07, 6.45) is 0. The molecule has 108 valence electrons. The Morgan fingerprint density at radius 1 is 1.00 bits per heavy atom. The predicted octanol–water partition coefficient (Wildman–Crippen LogP) is 3.24. The van der Waals surface area contributed by atoms with Crippen molar-refractivity contribution in [2.24, 2.45) is 5.73 Å². The van der Waals surface area contributed by atoms with Crippen molar-refractivity contribution < 1.29 is 13.6 Å². The van der Waals surface area contributed by atoms with E-state index >= 15 is 0 Å². The molecule has 0 bridgehead atoms. The van der Waals surface area contributed by atoms with Gasteiger partial charge < -0.3 is 16.4 Å². The molecule has 2 amide bonds. The standard InChI is InChI=1S/C14H11F2N3OS/c15-8-1-4-10(5-2-8)18-14(20)19-12-6-3-9(16)7-11(12)13(17)21/h1-7H,(H2,17,21)(H2,18,19,20). The van der Waals surface area contributed by atoms with Crippen LogP contribution in [-0.2, 0) is 0 Å². The molecule has 0 aromatic heterocycles. The van der Waals surface area contributed by atoms with Gasteiger partial charge >= 0.3 is 6.03 Å². The van der Waals surface area contributed by atoms with Crippen molar-refractivity contribution in [2.75, 3.05) is 10.6 Å². The third-order valence-electron chi connectivity index (χ3n) is 2.60. The molecule has 0 atom stereocenters. The number of hydrogen-bond acceptors (Lipinski definition) is 2. The van der Waals surface area contributed by atoms with Gasteiger partial charge in [-0.05, 0) is 42.5 Å². The highest BCUT2D eigenvalue weighted by molar-refractivity contribution is 7.80. The quantitative estimate of drug-likeness (QED) is 0.763. The first-order valence-electron chi connectivity index (χ1n) is 5.88. The van der Waals surface area contributed by atoms with E-state index in [0.717, 1.165) is 6.07 Å². The molecule has 0 aliphatic carbocycles. The Hall–Kier alpha value is -2.54. The highest BCUT2D eigenvalue weighted by atomic mass is 32.1. The van der Waals surface area contributed by atoms with Gasteiger partial charge in [0.25, 0.3) is 0 Å². The van der Waals surface area contributed by atoms with Gasteiger partial charge in [-0.1, -0.05) is 12.2 Å². The van der Waals surface area contributed by atoms with Gasteiger partial charge in [-0.3, -0.25) is 0 Å². The SMILES string of the molecule is NC(=S)c1cc(F)ccc1NC(=O)Nc1ccc(F)cc1. The minimum atomic E-state index is -0.578. The Bertz CT molecular complexity index is 689. The van der Waals surface area contributed by atoms with E-state index in [1.807, 2.05) is 0 Å². The van der Waals surface area contributed by atoms with Crippen molar-refractivity contribution in [2.45, 2.75) is 0 Å². The summed E-state index contributed by atoms with van der Waals surface area (Å²) in [6.45, 7) is 0. The molecule has 0 aliphatic heterocycles. The van der Waals surface area contributed by atoms with Crippen LogP contribution in [-0.4, -0.2) is 11.0 Å². The fraction of sp³-hybridized carbons (Fsp3) is 0. The van der Waals surface area contributed by atoms with E-state index in [1.165, 1.54) is 36.4 Å². The van der Waals surface area contributed by atoms with Gasteiger partial charge in [0.15, 0.2) is 0 Å². The molecule has 2 aromatic rings. The molecular formula is C14H11F2N3OS. The van der Waals surface area contributed by atoms with Crippen LogP contribution >= 0.6 is 12.2 Å². The number of halogens is 2. The van der Waals surface area contributed by atoms with Crippen molar-refractivity contribution in [1.29, 1.82) is 0 Å². The maximum Gasteiger partial charge on any atom is 0.323 e. The van der Waals surface area contributed by atoms with E-state index in [-0.39, 0.29) is 16.2 Å². The van der Waals surface area contributed by atoms with E-state index in [9.17, 15) is 13.6 Å². The first-order chi connectivity index (χ1) is 9.95. The van der Waals surface area contributed by atoms with Gasteiger partial charge in [-0.25, -0.2) is 13.6 Å². The summed E-state index contributed by atoms with van der Waals surface area (Å²) in [4.78, 5) is 11.8. The van der Waals surface area contributed by atoms with Gasteiger partial charge in [0.1, 0.15) is 16.6 Å². The molecule has 4 nitrogen and oxygen atoms in total. The molecule has 0 fully saturated rings. The number of benzene rings is 2. The van der Waals surface area contributed by atoms with E-state index < -0.39 is 17.7 Å². The highest BCUT2D eigenvalue weighted by Crippen LogP contribution is 2.17. The molecule has 0 heterocycles. The fourth-order valence-corrected chi connectivity index (χ4v) is 1.82. The summed E-state index contributed by atoms with van der Waals surface area (Å²) in [5.41, 5.74) is 6.39. The number of amides is 2. The third-order valence-corrected chi connectivity index (χ3v) is 2.82. The van der Waals surface area contributed by atoms with Crippen LogP contribution in [0.4, 0.5) is 25.0 Å². The smallest absolute Gasteiger partial charge is 0.323 e. The van der Waals surface area contributed by atoms with Gasteiger partial charge in [0.05, 0.1) is 5.69 Å². The van der Waals surface area contributed by atoms with Crippen molar-refractivity contribution in [1.82, 2.24) is 0 Å². The topological polar surface area (TPSA) is 67.1 Å². The molecule has 7 heteroatoms. The zero-order valence-corrected chi connectivity index (χ0v) is 11.5. The van der Waals surface area contributed by atoms with Crippen LogP contribution in [0.3, 0.4) is 0 Å². The molecule has 2 aromatic carbocycles. The second-order valence-corrected chi connectivity index (χ2v) is 4.58. The molecule has 0 spiro atoms. The Morgan fingerprint density at radius 2 is 1.62 bits per heavy atom. The lowest BCUT2D eigenvalue weighted by Gasteiger charge is -2.11. The third kappa shape index (κ3) is 3.96. The lowest BCUT2D eigenvalue weighted by molar-refractivity contribution is 0.262. The fourth-order valence-electron chi connectivity index (χ4n) is 1.65. The number of anilines is 2. The first-order valence-corrected chi connectivity index (χ1v) is 6.29. The van der Waals surface area contributed by atoms with Crippen LogP contribution < -0.4 is 16.4 Å². The van der Waals surface area contributed by atoms with Crippen LogP contribution in [0, 0.1) is 11.6 Å². The number of nitrogens with two attached hydrogens (primary N) is 1. The number of hydrogen-bond donors (Lipinski definition) is 3. The van der Waals surface area contributed by atoms with Crippen LogP contribution in [0.15, 0.2) is 42.5 Å². The summed E-state index contributed by atoms with van der Waals surface area (Å²) in [5, 5.41) is 5.01. The number of carbonyl (C=O) groups is 1. The lowest BCUT2D eigenvalue weighted by atomic mass is 10.1. The normalized spacial score (nSPS) is 10.0. The predicted molar refractivity (Wildman–Crippen MR) is 81.3 cm³/mol. The van der Waals surface area contributed by atoms with E-state index in [0.29, 0.717) is 5.69 Å². The van der Waals surface area contributed by atoms with Crippen molar-refractivity contribution in [3.05, 3.63) is 59.7 Å². The molecule has 21 heavy (non-hydrogen) atoms. The lowest BCUT2D eigenvalue weighted by Crippen LogP contribution is -2.22. The van der Waals surface area contributed by atoms with E-state index in [4.69, 9.17) is 18.0 Å². The van der Waals surface area contributed by atoms with Crippen LogP contribution in [0.2, 0.25) is 0 Å². The monoisotopic (exact) mass is 307 g/mol. The average molecular weight is 307 g/mol. The summed E-state index contributed by atoms with van der Waals surface area (Å²) < 4.78 is 25.9. The van der Waals surface area contributed by atoms with Crippen LogP contribution in [0.1, 0.15) is 5.56 Å². The largest absolute Gasteiger partial charge is 0.389 e. The molecule has 0 saturated carbocycles. The Labute approximate surface area is 125 Å². The molecule has 0 radical (unpaired) electrons. The van der Waals surface area contributed by atoms with Gasteiger partial charge in [0.2, 0.25) is 0 Å². The van der Waals surface area contributed by atoms with Crippen LogP contribution in [0.5, 0.6) is 0 Å². The Morgan fingerprint density at radius 3 is 2.24 bits per heavy atom. The molecule has 0 unspecified atom stereocenters. The van der Waals surface area contributed by atoms with Crippen LogP contribution in [0.25, 0.3) is 0 Å². The minimum absolute atomic E-state index is 0.0356. The second kappa shape index (κ2) is 6.27. The summed E-state index contributed by atoms with van der Waals surface area (Å²) in [5.74, 6) is -0.919. The summed E-state index contributed by atoms with van der Waals surface area (Å²) in [7, 11) is 0. The van der Waals surface area contributed by atoms with Crippen molar-refractivity contribution >= 4 is 34.6 Å². The number of thiocarbonyl (C=S) groups is 1. The summed E-state index contributed by atoms with van der Waals surface area (Å²) >= 11 is 4.80. The van der Waals surface area contributed by atoms with Crippen molar-refractivity contribution in [3.63, 3.8) is 0 Å². The number of rotatable bonds is 3. The van der Waals surface area contributed by atoms with E-state index in [2.05, 4.69) is 10.6 Å². The van der Waals surface area contributed by atoms with Crippen molar-refractivity contribution in [3.8, 4) is 0 Å². The zero-order chi connectivity index (χ0) is 15.4.